The molecule has 0 saturated heterocycles. The highest BCUT2D eigenvalue weighted by molar-refractivity contribution is 6.90. The zero-order valence-electron chi connectivity index (χ0n) is 16.6. The Labute approximate surface area is 161 Å². The molecule has 0 atom stereocenters. The number of para-hydroxylation sites is 1. The fourth-order valence-electron chi connectivity index (χ4n) is 4.49. The highest BCUT2D eigenvalue weighted by atomic mass is 28.3. The van der Waals surface area contributed by atoms with Crippen LogP contribution in [0.1, 0.15) is 25.1 Å². The first-order valence-electron chi connectivity index (χ1n) is 9.63. The average molecular weight is 369 g/mol. The number of aromatic nitrogens is 2. The molecule has 0 N–H and O–H groups in total. The van der Waals surface area contributed by atoms with Gasteiger partial charge in [-0.15, -0.1) is 0 Å². The van der Waals surface area contributed by atoms with Gasteiger partial charge in [-0.05, 0) is 27.6 Å². The summed E-state index contributed by atoms with van der Waals surface area (Å²) in [5.74, 6) is 0. The standard InChI is InChI=1S/C24H24N2Si/c1-24(2)17-12-7-10-15-9-6-11-16(20(15)17)21-23(24)26-22-18(25-21)13-8-14-19(22)27(3,4)5/h6-14H,1-5H3. The van der Waals surface area contributed by atoms with Gasteiger partial charge in [-0.2, -0.15) is 0 Å². The van der Waals surface area contributed by atoms with E-state index in [4.69, 9.17) is 9.97 Å². The summed E-state index contributed by atoms with van der Waals surface area (Å²) in [6.45, 7) is 11.7. The Hall–Kier alpha value is -2.52. The van der Waals surface area contributed by atoms with E-state index in [1.807, 2.05) is 0 Å². The van der Waals surface area contributed by atoms with Crippen molar-refractivity contribution in [1.82, 2.24) is 9.97 Å². The zero-order chi connectivity index (χ0) is 19.0. The summed E-state index contributed by atoms with van der Waals surface area (Å²) in [6.07, 6.45) is 0. The van der Waals surface area contributed by atoms with Crippen LogP contribution in [0.15, 0.2) is 54.6 Å². The molecule has 0 fully saturated rings. The van der Waals surface area contributed by atoms with Crippen LogP contribution in [-0.4, -0.2) is 18.0 Å². The van der Waals surface area contributed by atoms with E-state index < -0.39 is 8.07 Å². The van der Waals surface area contributed by atoms with Crippen LogP contribution in [0.25, 0.3) is 33.1 Å². The lowest BCUT2D eigenvalue weighted by molar-refractivity contribution is 0.621. The molecule has 1 aliphatic rings. The van der Waals surface area contributed by atoms with Crippen LogP contribution in [0.3, 0.4) is 0 Å². The van der Waals surface area contributed by atoms with Crippen LogP contribution in [0.5, 0.6) is 0 Å². The third-order valence-corrected chi connectivity index (χ3v) is 7.95. The van der Waals surface area contributed by atoms with E-state index in [1.54, 1.807) is 0 Å². The molecule has 4 aromatic rings. The Kier molecular flexibility index (Phi) is 3.24. The van der Waals surface area contributed by atoms with Crippen molar-refractivity contribution in [2.45, 2.75) is 38.9 Å². The van der Waals surface area contributed by atoms with Crippen molar-refractivity contribution in [2.24, 2.45) is 0 Å². The van der Waals surface area contributed by atoms with Gasteiger partial charge < -0.3 is 0 Å². The maximum Gasteiger partial charge on any atom is 0.0940 e. The van der Waals surface area contributed by atoms with Crippen molar-refractivity contribution >= 4 is 35.1 Å². The summed E-state index contributed by atoms with van der Waals surface area (Å²) < 4.78 is 0. The van der Waals surface area contributed by atoms with Gasteiger partial charge in [0.05, 0.1) is 30.5 Å². The van der Waals surface area contributed by atoms with Crippen LogP contribution in [-0.2, 0) is 5.41 Å². The topological polar surface area (TPSA) is 25.8 Å². The SMILES string of the molecule is CC1(C)c2nc3c([Si](C)(C)C)cccc3nc2-c2cccc3cccc1c23. The summed E-state index contributed by atoms with van der Waals surface area (Å²) >= 11 is 0. The molecule has 0 unspecified atom stereocenters. The van der Waals surface area contributed by atoms with Crippen LogP contribution in [0.2, 0.25) is 19.6 Å². The maximum absolute atomic E-state index is 5.29. The van der Waals surface area contributed by atoms with Crippen LogP contribution in [0.4, 0.5) is 0 Å². The zero-order valence-corrected chi connectivity index (χ0v) is 17.6. The molecular formula is C24H24N2Si. The Morgan fingerprint density at radius 3 is 2.26 bits per heavy atom. The molecule has 3 heteroatoms. The number of hydrogen-bond donors (Lipinski definition) is 0. The van der Waals surface area contributed by atoms with Crippen LogP contribution in [0, 0.1) is 0 Å². The first-order chi connectivity index (χ1) is 12.8. The Bertz CT molecular complexity index is 1230. The predicted molar refractivity (Wildman–Crippen MR) is 118 cm³/mol. The smallest absolute Gasteiger partial charge is 0.0940 e. The molecule has 0 radical (unpaired) electrons. The fourth-order valence-corrected chi connectivity index (χ4v) is 5.98. The second-order valence-electron chi connectivity index (χ2n) is 9.18. The van der Waals surface area contributed by atoms with Crippen LogP contribution >= 0.6 is 0 Å². The second kappa shape index (κ2) is 5.26. The van der Waals surface area contributed by atoms with Crippen LogP contribution < -0.4 is 5.19 Å². The number of benzene rings is 3. The van der Waals surface area contributed by atoms with Crippen molar-refractivity contribution in [2.75, 3.05) is 0 Å². The highest BCUT2D eigenvalue weighted by Gasteiger charge is 2.36. The van der Waals surface area contributed by atoms with Crippen molar-refractivity contribution < 1.29 is 0 Å². The van der Waals surface area contributed by atoms with Crippen molar-refractivity contribution in [1.29, 1.82) is 0 Å². The first kappa shape index (κ1) is 16.6. The second-order valence-corrected chi connectivity index (χ2v) is 14.2. The van der Waals surface area contributed by atoms with E-state index >= 15 is 0 Å². The molecule has 2 nitrogen and oxygen atoms in total. The minimum atomic E-state index is -1.51. The van der Waals surface area contributed by atoms with Gasteiger partial charge >= 0.3 is 0 Å². The first-order valence-corrected chi connectivity index (χ1v) is 13.1. The molecule has 27 heavy (non-hydrogen) atoms. The Morgan fingerprint density at radius 2 is 1.52 bits per heavy atom. The Balaban J connectivity index is 1.96. The molecule has 1 heterocycles. The Morgan fingerprint density at radius 1 is 0.815 bits per heavy atom. The summed E-state index contributed by atoms with van der Waals surface area (Å²) in [4.78, 5) is 10.5. The van der Waals surface area contributed by atoms with Gasteiger partial charge in [0.15, 0.2) is 0 Å². The molecule has 1 aromatic heterocycles. The molecule has 134 valence electrons. The van der Waals surface area contributed by atoms with Crippen molar-refractivity contribution in [3.63, 3.8) is 0 Å². The predicted octanol–water partition coefficient (Wildman–Crippen LogP) is 5.63. The lowest BCUT2D eigenvalue weighted by Crippen LogP contribution is -2.39. The third kappa shape index (κ3) is 2.24. The van der Waals surface area contributed by atoms with Gasteiger partial charge in [-0.25, -0.2) is 9.97 Å². The maximum atomic E-state index is 5.29. The lowest BCUT2D eigenvalue weighted by atomic mass is 9.72. The minimum Gasteiger partial charge on any atom is -0.248 e. The molecule has 5 rings (SSSR count). The van der Waals surface area contributed by atoms with Gasteiger partial charge in [0.25, 0.3) is 0 Å². The van der Waals surface area contributed by atoms with Gasteiger partial charge in [-0.3, -0.25) is 0 Å². The summed E-state index contributed by atoms with van der Waals surface area (Å²) in [5.41, 5.74) is 6.65. The monoisotopic (exact) mass is 368 g/mol. The van der Waals surface area contributed by atoms with Gasteiger partial charge in [-0.1, -0.05) is 82.0 Å². The third-order valence-electron chi connectivity index (χ3n) is 5.93. The largest absolute Gasteiger partial charge is 0.248 e. The van der Waals surface area contributed by atoms with E-state index in [9.17, 15) is 0 Å². The van der Waals surface area contributed by atoms with Gasteiger partial charge in [0.2, 0.25) is 0 Å². The van der Waals surface area contributed by atoms with E-state index in [-0.39, 0.29) is 5.41 Å². The quantitative estimate of drug-likeness (QED) is 0.407. The van der Waals surface area contributed by atoms with E-state index in [1.165, 1.54) is 27.1 Å². The van der Waals surface area contributed by atoms with E-state index in [2.05, 4.69) is 88.1 Å². The molecule has 0 aliphatic heterocycles. The van der Waals surface area contributed by atoms with E-state index in [0.717, 1.165) is 22.4 Å². The molecule has 0 saturated carbocycles. The number of rotatable bonds is 1. The fraction of sp³-hybridized carbons (Fsp3) is 0.250. The number of fused-ring (bicyclic) bond motifs is 3. The summed E-state index contributed by atoms with van der Waals surface area (Å²) in [7, 11) is -1.51. The molecule has 0 amide bonds. The number of nitrogens with zero attached hydrogens (tertiary/aromatic N) is 2. The van der Waals surface area contributed by atoms with Crippen molar-refractivity contribution in [3.05, 3.63) is 65.9 Å². The molecule has 0 bridgehead atoms. The summed E-state index contributed by atoms with van der Waals surface area (Å²) in [6, 6.07) is 19.6. The minimum absolute atomic E-state index is 0.170. The summed E-state index contributed by atoms with van der Waals surface area (Å²) in [5, 5.41) is 4.00. The molecule has 0 spiro atoms. The molecule has 1 aliphatic carbocycles. The number of hydrogen-bond acceptors (Lipinski definition) is 2. The van der Waals surface area contributed by atoms with E-state index in [0.29, 0.717) is 0 Å². The van der Waals surface area contributed by atoms with Gasteiger partial charge in [0.1, 0.15) is 0 Å². The molecular weight excluding hydrogens is 344 g/mol. The average Bonchev–Trinajstić information content (AvgIpc) is 2.63. The highest BCUT2D eigenvalue weighted by Crippen LogP contribution is 2.47. The normalized spacial score (nSPS) is 15.1. The lowest BCUT2D eigenvalue weighted by Gasteiger charge is -2.33. The van der Waals surface area contributed by atoms with Crippen molar-refractivity contribution in [3.8, 4) is 11.3 Å². The molecule has 3 aromatic carbocycles. The van der Waals surface area contributed by atoms with Gasteiger partial charge in [0, 0.05) is 11.0 Å².